The number of hydrogen-bond acceptors (Lipinski definition) is 2. The van der Waals surface area contributed by atoms with Crippen molar-refractivity contribution >= 4 is 25.2 Å². The number of rotatable bonds is 3. The molecule has 0 aliphatic rings. The van der Waals surface area contributed by atoms with Crippen molar-refractivity contribution < 1.29 is 4.79 Å². The van der Waals surface area contributed by atoms with Gasteiger partial charge in [0.1, 0.15) is 0 Å². The van der Waals surface area contributed by atoms with Crippen molar-refractivity contribution in [2.75, 3.05) is 0 Å². The largest absolute Gasteiger partial charge is 0.294 e. The summed E-state index contributed by atoms with van der Waals surface area (Å²) in [7, 11) is 5.23. The topological polar surface area (TPSA) is 30.0 Å². The van der Waals surface area contributed by atoms with Crippen LogP contribution in [-0.2, 0) is 0 Å². The highest BCUT2D eigenvalue weighted by molar-refractivity contribution is 6.30. The Bertz CT molecular complexity index is 290. The predicted octanol–water partition coefficient (Wildman–Crippen LogP) is 1.89. The van der Waals surface area contributed by atoms with Gasteiger partial charge >= 0.3 is 0 Å². The van der Waals surface area contributed by atoms with Crippen LogP contribution < -0.4 is 0 Å². The van der Waals surface area contributed by atoms with E-state index in [4.69, 9.17) is 19.4 Å². The van der Waals surface area contributed by atoms with Gasteiger partial charge in [0.2, 0.25) is 0 Å². The van der Waals surface area contributed by atoms with E-state index in [9.17, 15) is 4.79 Å². The molecule has 0 saturated heterocycles. The number of Topliss-reactive ketones (excluding diaryl/α,β-unsaturated/α-hetero) is 1. The molecule has 0 spiro atoms. The molecule has 1 aromatic heterocycles. The van der Waals surface area contributed by atoms with Crippen LogP contribution in [0.15, 0.2) is 18.5 Å². The molecule has 0 fully saturated rings. The van der Waals surface area contributed by atoms with Crippen LogP contribution in [0.3, 0.4) is 0 Å². The van der Waals surface area contributed by atoms with Gasteiger partial charge in [0.25, 0.3) is 0 Å². The van der Waals surface area contributed by atoms with Gasteiger partial charge in [-0.3, -0.25) is 9.78 Å². The van der Waals surface area contributed by atoms with Crippen LogP contribution in [-0.4, -0.2) is 18.6 Å². The average molecular weight is 179 g/mol. The highest BCUT2D eigenvalue weighted by Gasteiger charge is 2.04. The third-order valence-corrected chi connectivity index (χ3v) is 1.60. The van der Waals surface area contributed by atoms with Crippen LogP contribution in [0.1, 0.15) is 16.8 Å². The lowest BCUT2D eigenvalue weighted by atomic mass is 9.97. The molecule has 60 valence electrons. The number of ketones is 1. The summed E-state index contributed by atoms with van der Waals surface area (Å²) in [6.07, 6.45) is 3.66. The smallest absolute Gasteiger partial charge is 0.163 e. The number of hydrogen-bond donors (Lipinski definition) is 0. The monoisotopic (exact) mass is 179 g/mol. The minimum Gasteiger partial charge on any atom is -0.294 e. The van der Waals surface area contributed by atoms with Crippen LogP contribution in [0.5, 0.6) is 0 Å². The Hall–Kier alpha value is -0.825. The summed E-state index contributed by atoms with van der Waals surface area (Å²) in [5.74, 6) is -0.0208. The minimum absolute atomic E-state index is 0.0208. The summed E-state index contributed by atoms with van der Waals surface area (Å²) >= 11 is 5.64. The summed E-state index contributed by atoms with van der Waals surface area (Å²) in [5, 5.41) is 0.470. The zero-order valence-corrected chi connectivity index (χ0v) is 7.21. The van der Waals surface area contributed by atoms with Crippen molar-refractivity contribution in [3.63, 3.8) is 0 Å². The summed E-state index contributed by atoms with van der Waals surface area (Å²) in [6.45, 7) is 0. The normalized spacial score (nSPS) is 9.75. The van der Waals surface area contributed by atoms with Gasteiger partial charge in [-0.25, -0.2) is 0 Å². The van der Waals surface area contributed by atoms with Crippen LogP contribution in [0.2, 0.25) is 11.3 Å². The van der Waals surface area contributed by atoms with E-state index in [1.807, 2.05) is 0 Å². The van der Waals surface area contributed by atoms with E-state index < -0.39 is 0 Å². The first kappa shape index (κ1) is 9.26. The third-order valence-electron chi connectivity index (χ3n) is 1.40. The average Bonchev–Trinajstić information content (AvgIpc) is 2.05. The van der Waals surface area contributed by atoms with Crippen molar-refractivity contribution in [1.82, 2.24) is 4.98 Å². The third kappa shape index (κ3) is 2.34. The summed E-state index contributed by atoms with van der Waals surface area (Å²) in [4.78, 5) is 15.0. The van der Waals surface area contributed by atoms with E-state index in [1.165, 1.54) is 12.4 Å². The van der Waals surface area contributed by atoms with Gasteiger partial charge in [0, 0.05) is 24.4 Å². The molecule has 2 radical (unpaired) electrons. The first-order valence-electron chi connectivity index (χ1n) is 3.58. The maximum absolute atomic E-state index is 11.2. The van der Waals surface area contributed by atoms with Crippen LogP contribution >= 0.6 is 11.6 Å². The quantitative estimate of drug-likeness (QED) is 0.524. The van der Waals surface area contributed by atoms with Gasteiger partial charge in [-0.1, -0.05) is 17.9 Å². The Labute approximate surface area is 77.4 Å². The molecule has 0 atom stereocenters. The molecule has 1 rings (SSSR count). The summed E-state index contributed by atoms with van der Waals surface area (Å²) < 4.78 is 0. The molecule has 0 amide bonds. The van der Waals surface area contributed by atoms with Crippen molar-refractivity contribution in [2.45, 2.75) is 12.7 Å². The molecule has 2 nitrogen and oxygen atoms in total. The lowest BCUT2D eigenvalue weighted by Crippen LogP contribution is -1.98. The second-order valence-electron chi connectivity index (χ2n) is 2.35. The molecule has 0 aromatic carbocycles. The van der Waals surface area contributed by atoms with Gasteiger partial charge in [0.15, 0.2) is 5.78 Å². The van der Waals surface area contributed by atoms with Gasteiger partial charge in [0.05, 0.1) is 12.9 Å². The van der Waals surface area contributed by atoms with Crippen LogP contribution in [0, 0.1) is 0 Å². The molecule has 4 heteroatoms. The molecule has 1 heterocycles. The number of carbonyl (C=O) groups is 1. The predicted molar refractivity (Wildman–Crippen MR) is 48.8 cm³/mol. The molecule has 0 unspecified atom stereocenters. The Kier molecular flexibility index (Phi) is 3.29. The Balaban J connectivity index is 2.81. The number of pyridine rings is 1. The summed E-state index contributed by atoms with van der Waals surface area (Å²) in [6, 6.07) is 1.59. The standard InChI is InChI=1S/C8H7BClNO/c9-2-1-8(12)6-3-7(10)5-11-4-6/h3-5H,1-2H2. The van der Waals surface area contributed by atoms with Crippen molar-refractivity contribution in [2.24, 2.45) is 0 Å². The number of carbonyl (C=O) groups excluding carboxylic acids is 1. The van der Waals surface area contributed by atoms with Gasteiger partial charge < -0.3 is 0 Å². The zero-order chi connectivity index (χ0) is 8.97. The maximum Gasteiger partial charge on any atom is 0.163 e. The molecule has 0 aliphatic heterocycles. The van der Waals surface area contributed by atoms with Crippen molar-refractivity contribution in [3.05, 3.63) is 29.0 Å². The van der Waals surface area contributed by atoms with Gasteiger partial charge in [-0.05, 0) is 6.07 Å². The van der Waals surface area contributed by atoms with E-state index in [0.717, 1.165) is 0 Å². The van der Waals surface area contributed by atoms with Gasteiger partial charge in [-0.15, -0.1) is 0 Å². The van der Waals surface area contributed by atoms with Crippen molar-refractivity contribution in [1.29, 1.82) is 0 Å². The molecule has 0 N–H and O–H groups in total. The first-order chi connectivity index (χ1) is 5.74. The Morgan fingerprint density at radius 2 is 2.33 bits per heavy atom. The second kappa shape index (κ2) is 4.26. The molecule has 12 heavy (non-hydrogen) atoms. The Morgan fingerprint density at radius 1 is 1.58 bits per heavy atom. The van der Waals surface area contributed by atoms with Gasteiger partial charge in [-0.2, -0.15) is 0 Å². The number of halogens is 1. The lowest BCUT2D eigenvalue weighted by molar-refractivity contribution is 0.0988. The zero-order valence-electron chi connectivity index (χ0n) is 6.46. The van der Waals surface area contributed by atoms with E-state index in [-0.39, 0.29) is 5.78 Å². The molecule has 0 saturated carbocycles. The van der Waals surface area contributed by atoms with Crippen molar-refractivity contribution in [3.8, 4) is 0 Å². The molecule has 0 bridgehead atoms. The van der Waals surface area contributed by atoms with E-state index >= 15 is 0 Å². The van der Waals surface area contributed by atoms with E-state index in [0.29, 0.717) is 23.3 Å². The van der Waals surface area contributed by atoms with E-state index in [2.05, 4.69) is 4.98 Å². The lowest BCUT2D eigenvalue weighted by Gasteiger charge is -1.97. The number of aromatic nitrogens is 1. The SMILES string of the molecule is [B]CCC(=O)c1cncc(Cl)c1. The highest BCUT2D eigenvalue weighted by Crippen LogP contribution is 2.10. The van der Waals surface area contributed by atoms with Crippen LogP contribution in [0.25, 0.3) is 0 Å². The first-order valence-corrected chi connectivity index (χ1v) is 3.95. The second-order valence-corrected chi connectivity index (χ2v) is 2.79. The summed E-state index contributed by atoms with van der Waals surface area (Å²) in [5.41, 5.74) is 0.521. The minimum atomic E-state index is -0.0208. The Morgan fingerprint density at radius 3 is 2.92 bits per heavy atom. The number of nitrogens with zero attached hydrogens (tertiary/aromatic N) is 1. The molecule has 0 aliphatic carbocycles. The highest BCUT2D eigenvalue weighted by atomic mass is 35.5. The molecular formula is C8H7BClNO. The van der Waals surface area contributed by atoms with Crippen LogP contribution in [0.4, 0.5) is 0 Å². The fourth-order valence-corrected chi connectivity index (χ4v) is 1.01. The molecule has 1 aromatic rings. The molecular weight excluding hydrogens is 172 g/mol. The maximum atomic E-state index is 11.2. The fourth-order valence-electron chi connectivity index (χ4n) is 0.840. The van der Waals surface area contributed by atoms with E-state index in [1.54, 1.807) is 6.07 Å². The fraction of sp³-hybridized carbons (Fsp3) is 0.250.